The molecule has 0 aromatic carbocycles. The maximum Gasteiger partial charge on any atom is 0.155 e. The average molecular weight is 234 g/mol. The second-order valence-electron chi connectivity index (χ2n) is 5.13. The fourth-order valence-electron chi connectivity index (χ4n) is 2.24. The number of allylic oxidation sites excluding steroid dienone is 4. The van der Waals surface area contributed by atoms with E-state index in [1.165, 1.54) is 50.5 Å². The van der Waals surface area contributed by atoms with Gasteiger partial charge in [0.2, 0.25) is 0 Å². The van der Waals surface area contributed by atoms with Gasteiger partial charge >= 0.3 is 0 Å². The molecule has 0 heterocycles. The molecule has 17 heavy (non-hydrogen) atoms. The lowest BCUT2D eigenvalue weighted by molar-refractivity contribution is -0.114. The Balaban J connectivity index is 2.39. The minimum Gasteiger partial charge on any atom is -0.295 e. The molecule has 0 bridgehead atoms. The third kappa shape index (κ3) is 7.95. The zero-order valence-corrected chi connectivity index (χ0v) is 11.2. The molecule has 0 saturated heterocycles. The van der Waals surface area contributed by atoms with Crippen LogP contribution < -0.4 is 0 Å². The Hall–Kier alpha value is -0.850. The van der Waals surface area contributed by atoms with Crippen LogP contribution in [0.4, 0.5) is 0 Å². The van der Waals surface area contributed by atoms with Gasteiger partial charge < -0.3 is 0 Å². The molecular formula is C16H26O. The van der Waals surface area contributed by atoms with Gasteiger partial charge in [-0.05, 0) is 57.9 Å². The SMILES string of the molecule is C/C1=C/C(=O)CCCCC/C=C\CCCCC1. The molecule has 1 aliphatic rings. The lowest BCUT2D eigenvalue weighted by Crippen LogP contribution is -1.94. The molecule has 96 valence electrons. The second-order valence-corrected chi connectivity index (χ2v) is 5.13. The molecule has 0 aromatic rings. The van der Waals surface area contributed by atoms with E-state index in [1.54, 1.807) is 0 Å². The van der Waals surface area contributed by atoms with E-state index in [0.29, 0.717) is 5.78 Å². The van der Waals surface area contributed by atoms with Crippen molar-refractivity contribution in [2.75, 3.05) is 0 Å². The van der Waals surface area contributed by atoms with E-state index >= 15 is 0 Å². The minimum atomic E-state index is 0.327. The predicted molar refractivity (Wildman–Crippen MR) is 74.1 cm³/mol. The summed E-state index contributed by atoms with van der Waals surface area (Å²) in [6.07, 6.45) is 18.0. The molecule has 0 saturated carbocycles. The van der Waals surface area contributed by atoms with Crippen LogP contribution in [0.5, 0.6) is 0 Å². The highest BCUT2D eigenvalue weighted by Crippen LogP contribution is 2.12. The fraction of sp³-hybridized carbons (Fsp3) is 0.688. The quantitative estimate of drug-likeness (QED) is 0.541. The lowest BCUT2D eigenvalue weighted by atomic mass is 10.0. The van der Waals surface area contributed by atoms with Crippen LogP contribution in [-0.2, 0) is 4.79 Å². The number of ketones is 1. The van der Waals surface area contributed by atoms with Crippen molar-refractivity contribution in [2.45, 2.75) is 71.1 Å². The highest BCUT2D eigenvalue weighted by molar-refractivity contribution is 5.90. The molecule has 0 radical (unpaired) electrons. The molecule has 0 aromatic heterocycles. The van der Waals surface area contributed by atoms with Gasteiger partial charge in [0, 0.05) is 6.42 Å². The fourth-order valence-corrected chi connectivity index (χ4v) is 2.24. The molecule has 0 unspecified atom stereocenters. The molecule has 0 N–H and O–H groups in total. The van der Waals surface area contributed by atoms with Crippen LogP contribution in [0.3, 0.4) is 0 Å². The Bertz CT molecular complexity index is 273. The molecule has 0 amide bonds. The van der Waals surface area contributed by atoms with Crippen LogP contribution in [0, 0.1) is 0 Å². The molecule has 0 fully saturated rings. The number of carbonyl (C=O) groups is 1. The summed E-state index contributed by atoms with van der Waals surface area (Å²) in [5, 5.41) is 0. The summed E-state index contributed by atoms with van der Waals surface area (Å²) in [5.41, 5.74) is 1.26. The van der Waals surface area contributed by atoms with Crippen molar-refractivity contribution in [1.29, 1.82) is 0 Å². The Labute approximate surface area is 106 Å². The van der Waals surface area contributed by atoms with Gasteiger partial charge in [0.15, 0.2) is 5.78 Å². The summed E-state index contributed by atoms with van der Waals surface area (Å²) in [7, 11) is 0. The normalized spacial score (nSPS) is 26.4. The Morgan fingerprint density at radius 3 is 2.06 bits per heavy atom. The van der Waals surface area contributed by atoms with Crippen molar-refractivity contribution in [1.82, 2.24) is 0 Å². The van der Waals surface area contributed by atoms with Crippen LogP contribution >= 0.6 is 0 Å². The first-order chi connectivity index (χ1) is 8.29. The summed E-state index contributed by atoms with van der Waals surface area (Å²) in [6.45, 7) is 2.09. The van der Waals surface area contributed by atoms with Gasteiger partial charge in [-0.25, -0.2) is 0 Å². The van der Waals surface area contributed by atoms with Crippen molar-refractivity contribution in [3.8, 4) is 0 Å². The van der Waals surface area contributed by atoms with Crippen LogP contribution in [0.15, 0.2) is 23.8 Å². The van der Waals surface area contributed by atoms with E-state index in [-0.39, 0.29) is 0 Å². The van der Waals surface area contributed by atoms with Gasteiger partial charge in [0.1, 0.15) is 0 Å². The number of rotatable bonds is 0. The first kappa shape index (κ1) is 14.2. The van der Waals surface area contributed by atoms with Crippen LogP contribution in [-0.4, -0.2) is 5.78 Å². The van der Waals surface area contributed by atoms with Crippen LogP contribution in [0.2, 0.25) is 0 Å². The summed E-state index contributed by atoms with van der Waals surface area (Å²) >= 11 is 0. The summed E-state index contributed by atoms with van der Waals surface area (Å²) in [6, 6.07) is 0. The van der Waals surface area contributed by atoms with E-state index < -0.39 is 0 Å². The van der Waals surface area contributed by atoms with Crippen LogP contribution in [0.25, 0.3) is 0 Å². The maximum atomic E-state index is 11.6. The van der Waals surface area contributed by atoms with Crippen molar-refractivity contribution < 1.29 is 4.79 Å². The first-order valence-electron chi connectivity index (χ1n) is 7.14. The molecule has 1 aliphatic carbocycles. The second kappa shape index (κ2) is 9.21. The standard InChI is InChI=1S/C16H26O/c1-15-12-10-8-6-4-2-3-5-7-9-11-13-16(17)14-15/h2-3,14H,4-13H2,1H3/b3-2-,15-14-. The van der Waals surface area contributed by atoms with Gasteiger partial charge in [0.25, 0.3) is 0 Å². The highest BCUT2D eigenvalue weighted by atomic mass is 16.1. The number of carbonyl (C=O) groups excluding carboxylic acids is 1. The largest absolute Gasteiger partial charge is 0.295 e. The predicted octanol–water partition coefficient (Wildman–Crippen LogP) is 4.97. The van der Waals surface area contributed by atoms with Gasteiger partial charge in [-0.3, -0.25) is 4.79 Å². The molecule has 0 aliphatic heterocycles. The smallest absolute Gasteiger partial charge is 0.155 e. The van der Waals surface area contributed by atoms with Crippen molar-refractivity contribution in [3.63, 3.8) is 0 Å². The Morgan fingerprint density at radius 2 is 1.41 bits per heavy atom. The van der Waals surface area contributed by atoms with Crippen molar-refractivity contribution in [3.05, 3.63) is 23.8 Å². The summed E-state index contributed by atoms with van der Waals surface area (Å²) < 4.78 is 0. The zero-order chi connectivity index (χ0) is 12.3. The third-order valence-electron chi connectivity index (χ3n) is 3.31. The Kier molecular flexibility index (Phi) is 7.70. The maximum absolute atomic E-state index is 11.6. The van der Waals surface area contributed by atoms with Crippen molar-refractivity contribution in [2.24, 2.45) is 0 Å². The van der Waals surface area contributed by atoms with E-state index in [2.05, 4.69) is 19.1 Å². The molecular weight excluding hydrogens is 208 g/mol. The van der Waals surface area contributed by atoms with Gasteiger partial charge in [-0.15, -0.1) is 0 Å². The number of hydrogen-bond donors (Lipinski definition) is 0. The monoisotopic (exact) mass is 234 g/mol. The topological polar surface area (TPSA) is 17.1 Å². The lowest BCUT2D eigenvalue weighted by Gasteiger charge is -2.01. The third-order valence-corrected chi connectivity index (χ3v) is 3.31. The summed E-state index contributed by atoms with van der Waals surface area (Å²) in [4.78, 5) is 11.6. The van der Waals surface area contributed by atoms with Crippen LogP contribution in [0.1, 0.15) is 71.1 Å². The molecule has 1 heteroatoms. The van der Waals surface area contributed by atoms with E-state index in [1.807, 2.05) is 6.08 Å². The Morgan fingerprint density at radius 1 is 0.824 bits per heavy atom. The van der Waals surface area contributed by atoms with Crippen molar-refractivity contribution >= 4 is 5.78 Å². The molecule has 1 rings (SSSR count). The zero-order valence-electron chi connectivity index (χ0n) is 11.2. The average Bonchev–Trinajstić information content (AvgIpc) is 2.30. The molecule has 1 nitrogen and oxygen atoms in total. The van der Waals surface area contributed by atoms with E-state index in [9.17, 15) is 4.79 Å². The first-order valence-corrected chi connectivity index (χ1v) is 7.14. The number of hydrogen-bond acceptors (Lipinski definition) is 1. The van der Waals surface area contributed by atoms with Gasteiger partial charge in [-0.2, -0.15) is 0 Å². The minimum absolute atomic E-state index is 0.327. The van der Waals surface area contributed by atoms with E-state index in [4.69, 9.17) is 0 Å². The van der Waals surface area contributed by atoms with Gasteiger partial charge in [0.05, 0.1) is 0 Å². The summed E-state index contributed by atoms with van der Waals surface area (Å²) in [5.74, 6) is 0.327. The van der Waals surface area contributed by atoms with Gasteiger partial charge in [-0.1, -0.05) is 30.6 Å². The van der Waals surface area contributed by atoms with E-state index in [0.717, 1.165) is 19.3 Å². The molecule has 0 spiro atoms. The molecule has 0 atom stereocenters. The highest BCUT2D eigenvalue weighted by Gasteiger charge is 2.00.